The van der Waals surface area contributed by atoms with Gasteiger partial charge in [0, 0.05) is 48.0 Å². The Kier molecular flexibility index (Phi) is 7.10. The van der Waals surface area contributed by atoms with Crippen molar-refractivity contribution in [3.05, 3.63) is 52.5 Å². The first-order valence-electron chi connectivity index (χ1n) is 10.1. The molecule has 0 radical (unpaired) electrons. The van der Waals surface area contributed by atoms with Crippen LogP contribution in [0.4, 0.5) is 16.2 Å². The van der Waals surface area contributed by atoms with E-state index in [1.54, 1.807) is 24.1 Å². The molecule has 1 fully saturated rings. The lowest BCUT2D eigenvalue weighted by Gasteiger charge is -2.37. The summed E-state index contributed by atoms with van der Waals surface area (Å²) in [6.07, 6.45) is -0.287. The van der Waals surface area contributed by atoms with E-state index in [1.165, 1.54) is 0 Å². The maximum absolute atomic E-state index is 12.5. The number of benzene rings is 2. The van der Waals surface area contributed by atoms with E-state index in [1.807, 2.05) is 51.1 Å². The number of methoxy groups -OCH3 is 1. The van der Waals surface area contributed by atoms with Gasteiger partial charge in [0.1, 0.15) is 11.4 Å². The van der Waals surface area contributed by atoms with E-state index in [-0.39, 0.29) is 12.0 Å². The zero-order chi connectivity index (χ0) is 22.6. The van der Waals surface area contributed by atoms with Gasteiger partial charge in [-0.3, -0.25) is 4.79 Å². The fourth-order valence-corrected chi connectivity index (χ4v) is 3.54. The maximum atomic E-state index is 12.5. The topological polar surface area (TPSA) is 71.1 Å². The van der Waals surface area contributed by atoms with Crippen molar-refractivity contribution in [1.82, 2.24) is 4.90 Å². The zero-order valence-electron chi connectivity index (χ0n) is 18.3. The predicted octanol–water partition coefficient (Wildman–Crippen LogP) is 4.77. The molecule has 1 saturated heterocycles. The number of carbonyl (C=O) groups excluding carboxylic acids is 2. The summed E-state index contributed by atoms with van der Waals surface area (Å²) in [5.41, 5.74) is 1.65. The summed E-state index contributed by atoms with van der Waals surface area (Å²) in [5, 5.41) is 2.90. The number of rotatable bonds is 4. The van der Waals surface area contributed by atoms with Gasteiger partial charge in [0.05, 0.1) is 12.8 Å². The number of anilines is 2. The highest BCUT2D eigenvalue weighted by molar-refractivity contribution is 9.10. The molecule has 0 aliphatic carbocycles. The lowest BCUT2D eigenvalue weighted by Crippen LogP contribution is -2.50. The van der Waals surface area contributed by atoms with Gasteiger partial charge in [-0.25, -0.2) is 4.79 Å². The quantitative estimate of drug-likeness (QED) is 0.669. The molecule has 1 heterocycles. The summed E-state index contributed by atoms with van der Waals surface area (Å²) in [6.45, 7) is 8.07. The summed E-state index contributed by atoms with van der Waals surface area (Å²) < 4.78 is 12.0. The van der Waals surface area contributed by atoms with Crippen LogP contribution >= 0.6 is 15.9 Å². The third-order valence-electron chi connectivity index (χ3n) is 4.82. The molecule has 1 aliphatic heterocycles. The van der Waals surface area contributed by atoms with Crippen molar-refractivity contribution in [2.75, 3.05) is 43.5 Å². The molecule has 0 aromatic heterocycles. The van der Waals surface area contributed by atoms with E-state index < -0.39 is 5.60 Å². The predicted molar refractivity (Wildman–Crippen MR) is 125 cm³/mol. The van der Waals surface area contributed by atoms with Crippen molar-refractivity contribution in [3.63, 3.8) is 0 Å². The number of carbonyl (C=O) groups is 2. The van der Waals surface area contributed by atoms with Gasteiger partial charge in [-0.1, -0.05) is 15.9 Å². The Bertz CT molecular complexity index is 933. The van der Waals surface area contributed by atoms with Crippen LogP contribution in [-0.2, 0) is 4.74 Å². The molecule has 2 aromatic rings. The molecule has 0 spiro atoms. The molecule has 1 N–H and O–H groups in total. The Morgan fingerprint density at radius 2 is 1.65 bits per heavy atom. The van der Waals surface area contributed by atoms with Gasteiger partial charge in [0.15, 0.2) is 0 Å². The average molecular weight is 490 g/mol. The van der Waals surface area contributed by atoms with Crippen LogP contribution in [0.25, 0.3) is 0 Å². The van der Waals surface area contributed by atoms with Gasteiger partial charge in [0.25, 0.3) is 5.91 Å². The molecule has 0 bridgehead atoms. The third-order valence-corrected chi connectivity index (χ3v) is 5.34. The molecular weight excluding hydrogens is 462 g/mol. The van der Waals surface area contributed by atoms with Crippen LogP contribution in [0.5, 0.6) is 5.75 Å². The van der Waals surface area contributed by atoms with Crippen LogP contribution in [0.1, 0.15) is 31.1 Å². The average Bonchev–Trinajstić information content (AvgIpc) is 2.73. The summed E-state index contributed by atoms with van der Waals surface area (Å²) in [4.78, 5) is 28.7. The Balaban J connectivity index is 1.65. The minimum Gasteiger partial charge on any atom is -0.495 e. The van der Waals surface area contributed by atoms with Crippen molar-refractivity contribution >= 4 is 39.3 Å². The molecule has 2 amide bonds. The van der Waals surface area contributed by atoms with Crippen LogP contribution in [0.3, 0.4) is 0 Å². The molecule has 3 rings (SSSR count). The monoisotopic (exact) mass is 489 g/mol. The first kappa shape index (κ1) is 22.9. The highest BCUT2D eigenvalue weighted by atomic mass is 79.9. The van der Waals surface area contributed by atoms with Crippen molar-refractivity contribution in [2.45, 2.75) is 26.4 Å². The van der Waals surface area contributed by atoms with Crippen molar-refractivity contribution in [1.29, 1.82) is 0 Å². The zero-order valence-corrected chi connectivity index (χ0v) is 19.9. The summed E-state index contributed by atoms with van der Waals surface area (Å²) >= 11 is 3.37. The van der Waals surface area contributed by atoms with Crippen LogP contribution in [0, 0.1) is 0 Å². The molecule has 0 atom stereocenters. The number of nitrogens with zero attached hydrogens (tertiary/aromatic N) is 2. The van der Waals surface area contributed by atoms with Gasteiger partial charge in [-0.2, -0.15) is 0 Å². The highest BCUT2D eigenvalue weighted by Gasteiger charge is 2.27. The van der Waals surface area contributed by atoms with Gasteiger partial charge < -0.3 is 24.6 Å². The molecule has 166 valence electrons. The normalized spacial score (nSPS) is 14.2. The first-order valence-corrected chi connectivity index (χ1v) is 10.9. The number of amides is 2. The Morgan fingerprint density at radius 3 is 2.23 bits per heavy atom. The van der Waals surface area contributed by atoms with E-state index in [0.29, 0.717) is 43.2 Å². The number of piperazine rings is 1. The standard InChI is InChI=1S/C23H28BrN3O4/c1-23(2,3)31-22(29)27-13-11-26(12-14-27)19-10-9-18(15-20(19)30-4)25-21(28)16-5-7-17(24)8-6-16/h5-10,15H,11-14H2,1-4H3,(H,25,28). The molecule has 2 aromatic carbocycles. The second kappa shape index (κ2) is 9.60. The summed E-state index contributed by atoms with van der Waals surface area (Å²) in [5.74, 6) is 0.479. The summed E-state index contributed by atoms with van der Waals surface area (Å²) in [7, 11) is 1.61. The van der Waals surface area contributed by atoms with E-state index >= 15 is 0 Å². The van der Waals surface area contributed by atoms with Crippen LogP contribution in [0.15, 0.2) is 46.9 Å². The molecule has 8 heteroatoms. The SMILES string of the molecule is COc1cc(NC(=O)c2ccc(Br)cc2)ccc1N1CCN(C(=O)OC(C)(C)C)CC1. The van der Waals surface area contributed by atoms with Crippen molar-refractivity contribution < 1.29 is 19.1 Å². The largest absolute Gasteiger partial charge is 0.495 e. The smallest absolute Gasteiger partial charge is 0.410 e. The van der Waals surface area contributed by atoms with Gasteiger partial charge in [-0.05, 0) is 57.2 Å². The number of nitrogens with one attached hydrogen (secondary N) is 1. The lowest BCUT2D eigenvalue weighted by atomic mass is 10.2. The molecular formula is C23H28BrN3O4. The second-order valence-electron chi connectivity index (χ2n) is 8.30. The van der Waals surface area contributed by atoms with Crippen molar-refractivity contribution in [2.24, 2.45) is 0 Å². The van der Waals surface area contributed by atoms with Crippen LogP contribution in [-0.4, -0.2) is 55.8 Å². The molecule has 7 nitrogen and oxygen atoms in total. The molecule has 1 aliphatic rings. The maximum Gasteiger partial charge on any atom is 0.410 e. The van der Waals surface area contributed by atoms with Crippen molar-refractivity contribution in [3.8, 4) is 5.75 Å². The number of hydrogen-bond acceptors (Lipinski definition) is 5. The Labute approximate surface area is 191 Å². The van der Waals surface area contributed by atoms with E-state index in [9.17, 15) is 9.59 Å². The van der Waals surface area contributed by atoms with Gasteiger partial charge in [0.2, 0.25) is 0 Å². The van der Waals surface area contributed by atoms with Crippen LogP contribution < -0.4 is 15.0 Å². The minimum atomic E-state index is -0.506. The second-order valence-corrected chi connectivity index (χ2v) is 9.22. The van der Waals surface area contributed by atoms with E-state index in [4.69, 9.17) is 9.47 Å². The van der Waals surface area contributed by atoms with E-state index in [2.05, 4.69) is 26.1 Å². The number of ether oxygens (including phenoxy) is 2. The fraction of sp³-hybridized carbons (Fsp3) is 0.391. The molecule has 0 saturated carbocycles. The number of halogens is 1. The Morgan fingerprint density at radius 1 is 1.00 bits per heavy atom. The van der Waals surface area contributed by atoms with Crippen LogP contribution in [0.2, 0.25) is 0 Å². The first-order chi connectivity index (χ1) is 14.7. The highest BCUT2D eigenvalue weighted by Crippen LogP contribution is 2.32. The minimum absolute atomic E-state index is 0.187. The van der Waals surface area contributed by atoms with Gasteiger partial charge >= 0.3 is 6.09 Å². The Hall–Kier alpha value is -2.74. The number of hydrogen-bond donors (Lipinski definition) is 1. The molecule has 0 unspecified atom stereocenters. The van der Waals surface area contributed by atoms with E-state index in [0.717, 1.165) is 10.2 Å². The third kappa shape index (κ3) is 6.13. The summed E-state index contributed by atoms with van der Waals surface area (Å²) in [6, 6.07) is 12.8. The lowest BCUT2D eigenvalue weighted by molar-refractivity contribution is 0.0240. The van der Waals surface area contributed by atoms with Gasteiger partial charge in [-0.15, -0.1) is 0 Å². The fourth-order valence-electron chi connectivity index (χ4n) is 3.28. The molecule has 31 heavy (non-hydrogen) atoms.